The first-order valence-electron chi connectivity index (χ1n) is 8.74. The summed E-state index contributed by atoms with van der Waals surface area (Å²) in [6.45, 7) is 4.54. The Morgan fingerprint density at radius 2 is 1.88 bits per heavy atom. The molecule has 1 atom stereocenters. The van der Waals surface area contributed by atoms with E-state index in [4.69, 9.17) is 4.74 Å². The molecule has 0 bridgehead atoms. The van der Waals surface area contributed by atoms with Gasteiger partial charge in [-0.3, -0.25) is 9.89 Å². The summed E-state index contributed by atoms with van der Waals surface area (Å²) in [5.41, 5.74) is 5.37. The number of aryl methyl sites for hydroxylation is 2. The first kappa shape index (κ1) is 16.4. The smallest absolute Gasteiger partial charge is 0.226 e. The van der Waals surface area contributed by atoms with Crippen LogP contribution >= 0.6 is 0 Å². The van der Waals surface area contributed by atoms with Gasteiger partial charge in [-0.15, -0.1) is 0 Å². The van der Waals surface area contributed by atoms with Crippen molar-refractivity contribution in [3.63, 3.8) is 0 Å². The van der Waals surface area contributed by atoms with Crippen LogP contribution in [-0.2, 0) is 11.4 Å². The van der Waals surface area contributed by atoms with Gasteiger partial charge >= 0.3 is 0 Å². The highest BCUT2D eigenvalue weighted by Gasteiger charge is 2.32. The molecular formula is C21H21N3O2. The molecule has 1 aromatic heterocycles. The van der Waals surface area contributed by atoms with E-state index in [0.717, 1.165) is 28.1 Å². The van der Waals surface area contributed by atoms with Gasteiger partial charge in [0, 0.05) is 29.2 Å². The first-order chi connectivity index (χ1) is 12.6. The number of carbonyl (C=O) groups is 1. The standard InChI is InChI=1S/C21H21N3O2/c1-13-7-9-15(10-8-13)12-26-18-6-4-3-5-16(18)17-11-19(25)22-21-20(17)14(2)23-24-21/h3-10,17H,11-12H2,1-2H3,(H2,22,23,24,25)/t17-/m0/s1. The largest absolute Gasteiger partial charge is 0.489 e. The first-order valence-corrected chi connectivity index (χ1v) is 8.74. The monoisotopic (exact) mass is 347 g/mol. The number of H-pyrrole nitrogens is 1. The third kappa shape index (κ3) is 3.08. The molecule has 3 aromatic rings. The zero-order valence-corrected chi connectivity index (χ0v) is 14.9. The predicted molar refractivity (Wildman–Crippen MR) is 100 cm³/mol. The van der Waals surface area contributed by atoms with Crippen LogP contribution in [0.15, 0.2) is 48.5 Å². The molecule has 0 spiro atoms. The number of ether oxygens (including phenoxy) is 1. The van der Waals surface area contributed by atoms with Crippen LogP contribution < -0.4 is 10.1 Å². The van der Waals surface area contributed by atoms with Crippen molar-refractivity contribution in [2.45, 2.75) is 32.8 Å². The maximum Gasteiger partial charge on any atom is 0.226 e. The number of para-hydroxylation sites is 1. The summed E-state index contributed by atoms with van der Waals surface area (Å²) in [6.07, 6.45) is 0.387. The average molecular weight is 347 g/mol. The Kier molecular flexibility index (Phi) is 4.21. The Morgan fingerprint density at radius 3 is 2.69 bits per heavy atom. The molecule has 0 fully saturated rings. The number of carbonyl (C=O) groups excluding carboxylic acids is 1. The third-order valence-electron chi connectivity index (χ3n) is 4.80. The highest BCUT2D eigenvalue weighted by Crippen LogP contribution is 2.41. The minimum atomic E-state index is -0.0632. The molecule has 0 saturated carbocycles. The van der Waals surface area contributed by atoms with Crippen LogP contribution in [0.4, 0.5) is 5.82 Å². The molecule has 4 rings (SSSR count). The fourth-order valence-electron chi connectivity index (χ4n) is 3.44. The lowest BCUT2D eigenvalue weighted by atomic mass is 9.85. The molecule has 5 nitrogen and oxygen atoms in total. The predicted octanol–water partition coefficient (Wildman–Crippen LogP) is 4.08. The van der Waals surface area contributed by atoms with Crippen molar-refractivity contribution in [1.82, 2.24) is 10.2 Å². The van der Waals surface area contributed by atoms with E-state index in [9.17, 15) is 4.79 Å². The van der Waals surface area contributed by atoms with Crippen molar-refractivity contribution in [2.24, 2.45) is 0 Å². The minimum absolute atomic E-state index is 0.0256. The third-order valence-corrected chi connectivity index (χ3v) is 4.80. The molecule has 1 amide bonds. The molecule has 132 valence electrons. The Morgan fingerprint density at radius 1 is 1.12 bits per heavy atom. The maximum atomic E-state index is 12.1. The highest BCUT2D eigenvalue weighted by atomic mass is 16.5. The molecule has 1 aliphatic heterocycles. The van der Waals surface area contributed by atoms with E-state index in [2.05, 4.69) is 46.7 Å². The fourth-order valence-corrected chi connectivity index (χ4v) is 3.44. The topological polar surface area (TPSA) is 67.0 Å². The lowest BCUT2D eigenvalue weighted by Crippen LogP contribution is -2.23. The Balaban J connectivity index is 1.65. The second-order valence-corrected chi connectivity index (χ2v) is 6.73. The number of benzene rings is 2. The number of nitrogens with one attached hydrogen (secondary N) is 2. The number of nitrogens with zero attached hydrogens (tertiary/aromatic N) is 1. The van der Waals surface area contributed by atoms with Crippen molar-refractivity contribution in [2.75, 3.05) is 5.32 Å². The van der Waals surface area contributed by atoms with Crippen LogP contribution in [0.1, 0.15) is 40.3 Å². The molecule has 1 aliphatic rings. The van der Waals surface area contributed by atoms with E-state index in [1.165, 1.54) is 5.56 Å². The van der Waals surface area contributed by atoms with E-state index in [0.29, 0.717) is 18.8 Å². The molecule has 2 aromatic carbocycles. The van der Waals surface area contributed by atoms with Crippen molar-refractivity contribution < 1.29 is 9.53 Å². The van der Waals surface area contributed by atoms with Crippen LogP contribution in [-0.4, -0.2) is 16.1 Å². The number of hydrogen-bond acceptors (Lipinski definition) is 3. The van der Waals surface area contributed by atoms with Gasteiger partial charge in [0.1, 0.15) is 12.4 Å². The van der Waals surface area contributed by atoms with E-state index >= 15 is 0 Å². The average Bonchev–Trinajstić information content (AvgIpc) is 3.01. The SMILES string of the molecule is Cc1ccc(COc2ccccc2[C@@H]2CC(=O)Nc3n[nH]c(C)c32)cc1. The van der Waals surface area contributed by atoms with Crippen LogP contribution in [0, 0.1) is 13.8 Å². The number of hydrogen-bond donors (Lipinski definition) is 2. The summed E-state index contributed by atoms with van der Waals surface area (Å²) in [4.78, 5) is 12.1. The van der Waals surface area contributed by atoms with Gasteiger partial charge in [0.05, 0.1) is 0 Å². The summed E-state index contributed by atoms with van der Waals surface area (Å²) >= 11 is 0. The van der Waals surface area contributed by atoms with E-state index in [-0.39, 0.29) is 11.8 Å². The summed E-state index contributed by atoms with van der Waals surface area (Å²) in [7, 11) is 0. The van der Waals surface area contributed by atoms with Gasteiger partial charge in [-0.2, -0.15) is 5.10 Å². The van der Waals surface area contributed by atoms with Gasteiger partial charge in [-0.05, 0) is 25.5 Å². The van der Waals surface area contributed by atoms with Gasteiger partial charge < -0.3 is 10.1 Å². The molecule has 2 heterocycles. The summed E-state index contributed by atoms with van der Waals surface area (Å²) in [5, 5.41) is 10.0. The molecule has 0 aliphatic carbocycles. The number of amides is 1. The number of fused-ring (bicyclic) bond motifs is 1. The van der Waals surface area contributed by atoms with Crippen molar-refractivity contribution in [3.8, 4) is 5.75 Å². The zero-order chi connectivity index (χ0) is 18.1. The normalized spacial score (nSPS) is 16.1. The molecule has 0 radical (unpaired) electrons. The quantitative estimate of drug-likeness (QED) is 0.747. The van der Waals surface area contributed by atoms with Crippen molar-refractivity contribution >= 4 is 11.7 Å². The van der Waals surface area contributed by atoms with Crippen LogP contribution in [0.2, 0.25) is 0 Å². The van der Waals surface area contributed by atoms with E-state index in [1.54, 1.807) is 0 Å². The van der Waals surface area contributed by atoms with Gasteiger partial charge in [0.2, 0.25) is 5.91 Å². The van der Waals surface area contributed by atoms with Gasteiger partial charge in [0.25, 0.3) is 0 Å². The Bertz CT molecular complexity index is 944. The zero-order valence-electron chi connectivity index (χ0n) is 14.9. The van der Waals surface area contributed by atoms with Gasteiger partial charge in [0.15, 0.2) is 5.82 Å². The molecule has 2 N–H and O–H groups in total. The second-order valence-electron chi connectivity index (χ2n) is 6.73. The number of rotatable bonds is 4. The molecule has 0 saturated heterocycles. The molecule has 26 heavy (non-hydrogen) atoms. The maximum absolute atomic E-state index is 12.1. The second kappa shape index (κ2) is 6.67. The van der Waals surface area contributed by atoms with Crippen LogP contribution in [0.5, 0.6) is 5.75 Å². The number of aromatic amines is 1. The van der Waals surface area contributed by atoms with Gasteiger partial charge in [-0.25, -0.2) is 0 Å². The van der Waals surface area contributed by atoms with Crippen LogP contribution in [0.3, 0.4) is 0 Å². The van der Waals surface area contributed by atoms with Crippen molar-refractivity contribution in [1.29, 1.82) is 0 Å². The summed E-state index contributed by atoms with van der Waals surface area (Å²) < 4.78 is 6.12. The summed E-state index contributed by atoms with van der Waals surface area (Å²) in [5.74, 6) is 1.34. The summed E-state index contributed by atoms with van der Waals surface area (Å²) in [6, 6.07) is 16.2. The number of anilines is 1. The van der Waals surface area contributed by atoms with E-state index < -0.39 is 0 Å². The molecule has 5 heteroatoms. The molecule has 0 unspecified atom stereocenters. The fraction of sp³-hybridized carbons (Fsp3) is 0.238. The van der Waals surface area contributed by atoms with Crippen molar-refractivity contribution in [3.05, 3.63) is 76.5 Å². The Hall–Kier alpha value is -3.08. The lowest BCUT2D eigenvalue weighted by molar-refractivity contribution is -0.116. The number of aromatic nitrogens is 2. The minimum Gasteiger partial charge on any atom is -0.489 e. The lowest BCUT2D eigenvalue weighted by Gasteiger charge is -2.25. The van der Waals surface area contributed by atoms with Crippen LogP contribution in [0.25, 0.3) is 0 Å². The molecular weight excluding hydrogens is 326 g/mol. The van der Waals surface area contributed by atoms with E-state index in [1.807, 2.05) is 31.2 Å². The van der Waals surface area contributed by atoms with Gasteiger partial charge in [-0.1, -0.05) is 48.0 Å². The Labute approximate surface area is 152 Å². The highest BCUT2D eigenvalue weighted by molar-refractivity contribution is 5.94.